The Morgan fingerprint density at radius 3 is 0.400 bits per heavy atom. The summed E-state index contributed by atoms with van der Waals surface area (Å²) in [5.74, 6) is 2.34. The maximum absolute atomic E-state index is 2.38. The molecule has 2 saturated carbocycles. The summed E-state index contributed by atoms with van der Waals surface area (Å²) in [5.41, 5.74) is 0. The summed E-state index contributed by atoms with van der Waals surface area (Å²) in [6.07, 6.45) is 83.8. The molecule has 0 aromatic rings. The van der Waals surface area contributed by atoms with Crippen LogP contribution >= 0.6 is 0 Å². The molecule has 6 rings (SSSR count). The van der Waals surface area contributed by atoms with E-state index in [4.69, 9.17) is 0 Å². The van der Waals surface area contributed by atoms with E-state index in [1.54, 1.807) is 32.1 Å². The molecule has 0 nitrogen and oxygen atoms in total. The summed E-state index contributed by atoms with van der Waals surface area (Å²) >= 11 is 0. The van der Waals surface area contributed by atoms with Crippen molar-refractivity contribution >= 4 is 0 Å². The molecule has 0 aromatic carbocycles. The second kappa shape index (κ2) is 42.6. The summed E-state index contributed by atoms with van der Waals surface area (Å²) in [4.78, 5) is 0. The van der Waals surface area contributed by atoms with Crippen molar-refractivity contribution in [2.45, 2.75) is 289 Å². The monoisotopic (exact) mass is 761 g/mol. The summed E-state index contributed by atoms with van der Waals surface area (Å²) < 4.78 is 0. The van der Waals surface area contributed by atoms with Gasteiger partial charge in [-0.15, -0.1) is 0 Å². The average Bonchev–Trinajstić information content (AvgIpc) is 3.84. The molecule has 0 spiro atoms. The van der Waals surface area contributed by atoms with Gasteiger partial charge in [0.25, 0.3) is 0 Å². The first-order valence-corrected chi connectivity index (χ1v) is 26.0. The van der Waals surface area contributed by atoms with Crippen molar-refractivity contribution < 1.29 is 0 Å². The van der Waals surface area contributed by atoms with Crippen molar-refractivity contribution in [3.63, 3.8) is 0 Å². The number of rotatable bonds is 0. The van der Waals surface area contributed by atoms with E-state index in [1.165, 1.54) is 269 Å². The van der Waals surface area contributed by atoms with Crippen molar-refractivity contribution in [2.24, 2.45) is 11.8 Å². The molecule has 0 radical (unpaired) electrons. The molecule has 6 aliphatic rings. The second-order valence-electron chi connectivity index (χ2n) is 18.6. The van der Waals surface area contributed by atoms with Gasteiger partial charge in [-0.05, 0) is 121 Å². The maximum atomic E-state index is 2.38. The van der Waals surface area contributed by atoms with Crippen LogP contribution in [0.3, 0.4) is 0 Å². The van der Waals surface area contributed by atoms with Gasteiger partial charge in [-0.25, -0.2) is 0 Å². The fourth-order valence-electron chi connectivity index (χ4n) is 9.46. The first kappa shape index (κ1) is 50.1. The Kier molecular flexibility index (Phi) is 38.8. The van der Waals surface area contributed by atoms with E-state index >= 15 is 0 Å². The van der Waals surface area contributed by atoms with Crippen LogP contribution in [0.1, 0.15) is 289 Å². The first-order valence-electron chi connectivity index (χ1n) is 26.0. The molecule has 320 valence electrons. The SMILES string of the molecule is C1=C/CCCCCCCCCC/1.C1=C/CCCCCCCCCC/1.C1=C/CCCCCCCCCC/1.C1=C/CCCCCCCCCC/1.C1CC2CCC1C2. The van der Waals surface area contributed by atoms with Crippen molar-refractivity contribution in [3.05, 3.63) is 48.6 Å². The second-order valence-corrected chi connectivity index (χ2v) is 18.6. The zero-order chi connectivity index (χ0) is 38.6. The molecule has 2 bridgehead atoms. The highest BCUT2D eigenvalue weighted by Crippen LogP contribution is 2.43. The van der Waals surface area contributed by atoms with E-state index < -0.39 is 0 Å². The molecule has 2 fully saturated rings. The third-order valence-electron chi connectivity index (χ3n) is 13.3. The van der Waals surface area contributed by atoms with Gasteiger partial charge in [-0.2, -0.15) is 0 Å². The van der Waals surface area contributed by atoms with Crippen molar-refractivity contribution in [1.29, 1.82) is 0 Å². The zero-order valence-corrected chi connectivity index (χ0v) is 37.6. The summed E-state index contributed by atoms with van der Waals surface area (Å²) in [7, 11) is 0. The van der Waals surface area contributed by atoms with E-state index in [0.717, 1.165) is 0 Å². The van der Waals surface area contributed by atoms with E-state index in [0.29, 0.717) is 0 Å². The lowest BCUT2D eigenvalue weighted by Crippen LogP contribution is -1.90. The molecule has 0 aliphatic heterocycles. The molecule has 6 aliphatic carbocycles. The Morgan fingerprint density at radius 1 is 0.164 bits per heavy atom. The van der Waals surface area contributed by atoms with Crippen LogP contribution in [0.5, 0.6) is 0 Å². The van der Waals surface area contributed by atoms with Gasteiger partial charge in [0.15, 0.2) is 0 Å². The minimum atomic E-state index is 1.17. The van der Waals surface area contributed by atoms with Crippen LogP contribution in [0, 0.1) is 11.8 Å². The number of allylic oxidation sites excluding steroid dienone is 8. The first-order chi connectivity index (χ1) is 27.4. The van der Waals surface area contributed by atoms with Crippen LogP contribution in [0.4, 0.5) is 0 Å². The minimum absolute atomic E-state index is 1.17. The Balaban J connectivity index is 0.000000239. The normalized spacial score (nSPS) is 28.2. The Hall–Kier alpha value is -1.04. The van der Waals surface area contributed by atoms with Crippen LogP contribution in [0.25, 0.3) is 0 Å². The van der Waals surface area contributed by atoms with Gasteiger partial charge in [0.1, 0.15) is 0 Å². The molecule has 0 heteroatoms. The standard InChI is InChI=1S/4C12H22.C7H12/c4*1-2-4-6-8-10-12-11-9-7-5-3-1;1-2-7-4-3-6(1)5-7/h4*1-2H,3-12H2;6-7H,1-5H2/b4*2-1+;. The van der Waals surface area contributed by atoms with Gasteiger partial charge in [0.05, 0.1) is 0 Å². The fraction of sp³-hybridized carbons (Fsp3) is 0.855. The third kappa shape index (κ3) is 37.0. The van der Waals surface area contributed by atoms with Gasteiger partial charge in [-0.3, -0.25) is 0 Å². The van der Waals surface area contributed by atoms with E-state index in [-0.39, 0.29) is 0 Å². The highest BCUT2D eigenvalue weighted by Gasteiger charge is 2.30. The van der Waals surface area contributed by atoms with E-state index in [2.05, 4.69) is 48.6 Å². The lowest BCUT2D eigenvalue weighted by molar-refractivity contribution is 0.480. The van der Waals surface area contributed by atoms with Crippen LogP contribution in [0.15, 0.2) is 48.6 Å². The van der Waals surface area contributed by atoms with Crippen molar-refractivity contribution in [1.82, 2.24) is 0 Å². The van der Waals surface area contributed by atoms with Crippen LogP contribution in [-0.4, -0.2) is 0 Å². The Bertz CT molecular complexity index is 663. The summed E-state index contributed by atoms with van der Waals surface area (Å²) in [6, 6.07) is 0. The lowest BCUT2D eigenvalue weighted by atomic mass is 10.0. The number of fused-ring (bicyclic) bond motifs is 2. The maximum Gasteiger partial charge on any atom is -0.0351 e. The molecule has 0 saturated heterocycles. The minimum Gasteiger partial charge on any atom is -0.0885 e. The van der Waals surface area contributed by atoms with Gasteiger partial charge in [-0.1, -0.05) is 228 Å². The number of hydrogen-bond donors (Lipinski definition) is 0. The van der Waals surface area contributed by atoms with Crippen LogP contribution in [-0.2, 0) is 0 Å². The fourth-order valence-corrected chi connectivity index (χ4v) is 9.46. The van der Waals surface area contributed by atoms with E-state index in [9.17, 15) is 0 Å². The molecule has 0 unspecified atom stereocenters. The summed E-state index contributed by atoms with van der Waals surface area (Å²) in [5, 5.41) is 0. The number of hydrogen-bond acceptors (Lipinski definition) is 0. The largest absolute Gasteiger partial charge is 0.0885 e. The molecule has 55 heavy (non-hydrogen) atoms. The van der Waals surface area contributed by atoms with E-state index in [1.807, 2.05) is 0 Å². The molecular formula is C55H100. The predicted molar refractivity (Wildman–Crippen MR) is 251 cm³/mol. The van der Waals surface area contributed by atoms with Crippen molar-refractivity contribution in [2.75, 3.05) is 0 Å². The predicted octanol–water partition coefficient (Wildman–Crippen LogP) is 20.0. The lowest BCUT2D eigenvalue weighted by Gasteiger charge is -2.05. The van der Waals surface area contributed by atoms with Crippen LogP contribution in [0.2, 0.25) is 0 Å². The van der Waals surface area contributed by atoms with Gasteiger partial charge in [0.2, 0.25) is 0 Å². The molecule has 0 aromatic heterocycles. The average molecular weight is 761 g/mol. The summed E-state index contributed by atoms with van der Waals surface area (Å²) in [6.45, 7) is 0. The molecule has 0 heterocycles. The molecular weight excluding hydrogens is 661 g/mol. The van der Waals surface area contributed by atoms with Gasteiger partial charge >= 0.3 is 0 Å². The highest BCUT2D eigenvalue weighted by molar-refractivity contribution is 4.84. The van der Waals surface area contributed by atoms with Gasteiger partial charge < -0.3 is 0 Å². The molecule has 0 N–H and O–H groups in total. The quantitative estimate of drug-likeness (QED) is 0.216. The molecule has 0 amide bonds. The smallest absolute Gasteiger partial charge is 0.0351 e. The zero-order valence-electron chi connectivity index (χ0n) is 37.6. The topological polar surface area (TPSA) is 0 Å². The van der Waals surface area contributed by atoms with Gasteiger partial charge in [0, 0.05) is 0 Å². The third-order valence-corrected chi connectivity index (χ3v) is 13.3. The van der Waals surface area contributed by atoms with Crippen LogP contribution < -0.4 is 0 Å². The Labute approximate surface area is 348 Å². The Morgan fingerprint density at radius 2 is 0.291 bits per heavy atom. The van der Waals surface area contributed by atoms with Crippen molar-refractivity contribution in [3.8, 4) is 0 Å². The highest BCUT2D eigenvalue weighted by atomic mass is 14.4. The molecule has 0 atom stereocenters.